The zero-order valence-electron chi connectivity index (χ0n) is 11.9. The van der Waals surface area contributed by atoms with Gasteiger partial charge in [-0.3, -0.25) is 9.59 Å². The molecule has 2 rings (SSSR count). The number of halogens is 1. The first-order valence-electron chi connectivity index (χ1n) is 6.64. The van der Waals surface area contributed by atoms with Crippen LogP contribution in [-0.2, 0) is 14.8 Å². The average molecular weight is 353 g/mol. The lowest BCUT2D eigenvalue weighted by atomic mass is 10.1. The molecule has 1 N–H and O–H groups in total. The predicted molar refractivity (Wildman–Crippen MR) is 84.6 cm³/mol. The van der Waals surface area contributed by atoms with Crippen LogP contribution in [0.15, 0.2) is 53.7 Å². The fourth-order valence-electron chi connectivity index (χ4n) is 1.77. The van der Waals surface area contributed by atoms with E-state index < -0.39 is 15.9 Å². The minimum atomic E-state index is -4.07. The minimum absolute atomic E-state index is 0.0839. The summed E-state index contributed by atoms with van der Waals surface area (Å²) in [5.41, 5.74) is 0.475. The van der Waals surface area contributed by atoms with Gasteiger partial charge in [0.15, 0.2) is 10.8 Å². The molecule has 2 aromatic rings. The molecule has 6 nitrogen and oxygen atoms in total. The highest BCUT2D eigenvalue weighted by molar-refractivity contribution is 7.90. The van der Waals surface area contributed by atoms with Crippen molar-refractivity contribution in [2.24, 2.45) is 0 Å². The van der Waals surface area contributed by atoms with E-state index in [2.05, 4.69) is 4.98 Å². The number of sulfonamides is 1. The van der Waals surface area contributed by atoms with Gasteiger partial charge in [-0.05, 0) is 12.1 Å². The number of rotatable bonds is 6. The smallest absolute Gasteiger partial charge is 0.281 e. The molecule has 0 bridgehead atoms. The predicted octanol–water partition coefficient (Wildman–Crippen LogP) is 2.20. The van der Waals surface area contributed by atoms with Crippen LogP contribution in [0.5, 0.6) is 0 Å². The summed E-state index contributed by atoms with van der Waals surface area (Å²) in [4.78, 5) is 27.2. The van der Waals surface area contributed by atoms with Gasteiger partial charge in [0.1, 0.15) is 0 Å². The molecule has 8 heteroatoms. The van der Waals surface area contributed by atoms with E-state index in [1.54, 1.807) is 30.3 Å². The van der Waals surface area contributed by atoms with Gasteiger partial charge in [0.25, 0.3) is 10.0 Å². The van der Waals surface area contributed by atoms with Crippen LogP contribution in [0.4, 0.5) is 0 Å². The Bertz CT molecular complexity index is 805. The molecule has 23 heavy (non-hydrogen) atoms. The normalized spacial score (nSPS) is 11.0. The number of carbonyl (C=O) groups is 2. The van der Waals surface area contributed by atoms with Gasteiger partial charge in [0.05, 0.1) is 5.02 Å². The molecule has 1 aromatic heterocycles. The number of carbonyl (C=O) groups excluding carboxylic acids is 2. The largest absolute Gasteiger partial charge is 0.294 e. The number of hydrogen-bond donors (Lipinski definition) is 1. The standard InChI is InChI=1S/C15H13ClN2O4S/c16-12-6-9-15(17-10-12)23(21,22)18-14(20)8-7-13(19)11-4-2-1-3-5-11/h1-6,9-10H,7-8H2,(H,18,20). The number of nitrogens with zero attached hydrogens (tertiary/aromatic N) is 1. The molecule has 0 aliphatic rings. The fourth-order valence-corrected chi connectivity index (χ4v) is 2.83. The molecule has 0 spiro atoms. The maximum atomic E-state index is 11.9. The van der Waals surface area contributed by atoms with E-state index in [4.69, 9.17) is 11.6 Å². The highest BCUT2D eigenvalue weighted by Gasteiger charge is 2.19. The summed E-state index contributed by atoms with van der Waals surface area (Å²) in [6.07, 6.45) is 0.847. The number of nitrogens with one attached hydrogen (secondary N) is 1. The van der Waals surface area contributed by atoms with Crippen LogP contribution in [0.1, 0.15) is 23.2 Å². The third-order valence-corrected chi connectivity index (χ3v) is 4.41. The van der Waals surface area contributed by atoms with Crippen molar-refractivity contribution < 1.29 is 18.0 Å². The third kappa shape index (κ3) is 4.87. The molecule has 1 amide bonds. The van der Waals surface area contributed by atoms with Crippen molar-refractivity contribution in [3.05, 3.63) is 59.2 Å². The Morgan fingerprint density at radius 1 is 1.04 bits per heavy atom. The van der Waals surface area contributed by atoms with E-state index in [1.807, 2.05) is 4.72 Å². The summed E-state index contributed by atoms with van der Waals surface area (Å²) in [5, 5.41) is -0.0339. The average Bonchev–Trinajstić information content (AvgIpc) is 2.53. The number of benzene rings is 1. The van der Waals surface area contributed by atoms with Gasteiger partial charge in [-0.2, -0.15) is 8.42 Å². The molecule has 1 heterocycles. The first-order valence-corrected chi connectivity index (χ1v) is 8.50. The van der Waals surface area contributed by atoms with Gasteiger partial charge in [0.2, 0.25) is 5.91 Å². The van der Waals surface area contributed by atoms with Gasteiger partial charge in [0, 0.05) is 24.6 Å². The first kappa shape index (κ1) is 17.1. The highest BCUT2D eigenvalue weighted by Crippen LogP contribution is 2.11. The molecule has 120 valence electrons. The lowest BCUT2D eigenvalue weighted by Crippen LogP contribution is -2.31. The van der Waals surface area contributed by atoms with Crippen LogP contribution in [0.2, 0.25) is 5.02 Å². The van der Waals surface area contributed by atoms with E-state index in [0.717, 1.165) is 0 Å². The number of hydrogen-bond acceptors (Lipinski definition) is 5. The van der Waals surface area contributed by atoms with Crippen molar-refractivity contribution in [3.63, 3.8) is 0 Å². The zero-order chi connectivity index (χ0) is 16.9. The van der Waals surface area contributed by atoms with Crippen LogP contribution in [0.25, 0.3) is 0 Å². The monoisotopic (exact) mass is 352 g/mol. The molecule has 0 saturated carbocycles. The summed E-state index contributed by atoms with van der Waals surface area (Å²) in [5.74, 6) is -1.01. The SMILES string of the molecule is O=C(CCC(=O)c1ccccc1)NS(=O)(=O)c1ccc(Cl)cn1. The van der Waals surface area contributed by atoms with E-state index >= 15 is 0 Å². The van der Waals surface area contributed by atoms with Crippen LogP contribution in [0, 0.1) is 0 Å². The molecule has 0 aliphatic heterocycles. The van der Waals surface area contributed by atoms with Gasteiger partial charge < -0.3 is 0 Å². The van der Waals surface area contributed by atoms with Crippen LogP contribution in [0.3, 0.4) is 0 Å². The Labute approximate surface area is 138 Å². The molecular formula is C15H13ClN2O4S. The van der Waals surface area contributed by atoms with Crippen molar-refractivity contribution in [3.8, 4) is 0 Å². The topological polar surface area (TPSA) is 93.2 Å². The minimum Gasteiger partial charge on any atom is -0.294 e. The van der Waals surface area contributed by atoms with Gasteiger partial charge in [-0.1, -0.05) is 41.9 Å². The van der Waals surface area contributed by atoms with Crippen molar-refractivity contribution in [1.29, 1.82) is 0 Å². The second kappa shape index (κ2) is 7.34. The van der Waals surface area contributed by atoms with Crippen molar-refractivity contribution in [2.75, 3.05) is 0 Å². The van der Waals surface area contributed by atoms with Crippen LogP contribution < -0.4 is 4.72 Å². The lowest BCUT2D eigenvalue weighted by molar-refractivity contribution is -0.119. The second-order valence-electron chi connectivity index (χ2n) is 4.63. The summed E-state index contributed by atoms with van der Waals surface area (Å²) < 4.78 is 25.8. The number of Topliss-reactive ketones (excluding diaryl/α,β-unsaturated/α-hetero) is 1. The second-order valence-corrected chi connectivity index (χ2v) is 6.70. The number of amides is 1. The Kier molecular flexibility index (Phi) is 5.46. The Morgan fingerprint density at radius 3 is 2.35 bits per heavy atom. The van der Waals surface area contributed by atoms with Crippen molar-refractivity contribution >= 4 is 33.3 Å². The van der Waals surface area contributed by atoms with Crippen molar-refractivity contribution in [1.82, 2.24) is 9.71 Å². The maximum Gasteiger partial charge on any atom is 0.281 e. The molecule has 0 radical (unpaired) electrons. The summed E-state index contributed by atoms with van der Waals surface area (Å²) in [6, 6.07) is 11.0. The quantitative estimate of drug-likeness (QED) is 0.804. The molecule has 0 saturated heterocycles. The molecule has 1 aromatic carbocycles. The summed E-state index contributed by atoms with van der Waals surface area (Å²) in [7, 11) is -4.07. The van der Waals surface area contributed by atoms with E-state index in [-0.39, 0.29) is 28.7 Å². The summed E-state index contributed by atoms with van der Waals surface area (Å²) >= 11 is 5.63. The molecule has 0 unspecified atom stereocenters. The van der Waals surface area contributed by atoms with Gasteiger partial charge in [-0.15, -0.1) is 0 Å². The van der Waals surface area contributed by atoms with Crippen LogP contribution >= 0.6 is 11.6 Å². The van der Waals surface area contributed by atoms with Gasteiger partial charge >= 0.3 is 0 Å². The van der Waals surface area contributed by atoms with Crippen molar-refractivity contribution in [2.45, 2.75) is 17.9 Å². The fraction of sp³-hybridized carbons (Fsp3) is 0.133. The van der Waals surface area contributed by atoms with E-state index in [0.29, 0.717) is 5.56 Å². The Hall–Kier alpha value is -2.25. The third-order valence-electron chi connectivity index (χ3n) is 2.90. The number of aromatic nitrogens is 1. The molecule has 0 atom stereocenters. The van der Waals surface area contributed by atoms with E-state index in [1.165, 1.54) is 18.3 Å². The molecular weight excluding hydrogens is 340 g/mol. The first-order chi connectivity index (χ1) is 10.9. The highest BCUT2D eigenvalue weighted by atomic mass is 35.5. The van der Waals surface area contributed by atoms with Gasteiger partial charge in [-0.25, -0.2) is 9.71 Å². The zero-order valence-corrected chi connectivity index (χ0v) is 13.5. The lowest BCUT2D eigenvalue weighted by Gasteiger charge is -2.06. The molecule has 0 fully saturated rings. The Balaban J connectivity index is 1.94. The van der Waals surface area contributed by atoms with Crippen LogP contribution in [-0.4, -0.2) is 25.1 Å². The molecule has 0 aliphatic carbocycles. The number of ketones is 1. The maximum absolute atomic E-state index is 11.9. The Morgan fingerprint density at radius 2 is 1.74 bits per heavy atom. The van der Waals surface area contributed by atoms with E-state index in [9.17, 15) is 18.0 Å². The number of pyridine rings is 1. The summed E-state index contributed by atoms with van der Waals surface area (Å²) in [6.45, 7) is 0.